The highest BCUT2D eigenvalue weighted by molar-refractivity contribution is 7.15. The van der Waals surface area contributed by atoms with Gasteiger partial charge in [-0.25, -0.2) is 4.98 Å². The minimum absolute atomic E-state index is 0.468. The Kier molecular flexibility index (Phi) is 5.14. The normalized spacial score (nSPS) is 25.6. The van der Waals surface area contributed by atoms with Gasteiger partial charge < -0.3 is 15.0 Å². The zero-order valence-corrected chi connectivity index (χ0v) is 14.0. The van der Waals surface area contributed by atoms with Crippen LogP contribution in [0, 0.1) is 5.92 Å². The maximum atomic E-state index is 5.60. The second-order valence-corrected chi connectivity index (χ2v) is 7.33. The van der Waals surface area contributed by atoms with Crippen LogP contribution in [0.15, 0.2) is 0 Å². The van der Waals surface area contributed by atoms with Gasteiger partial charge in [0.05, 0.1) is 18.3 Å². The maximum Gasteiger partial charge on any atom is 0.185 e. The summed E-state index contributed by atoms with van der Waals surface area (Å²) < 4.78 is 5.60. The molecule has 3 rings (SSSR count). The zero-order valence-electron chi connectivity index (χ0n) is 13.2. The predicted octanol–water partition coefficient (Wildman–Crippen LogP) is 2.99. The number of fused-ring (bicyclic) bond motifs is 1. The van der Waals surface area contributed by atoms with Crippen LogP contribution >= 0.6 is 11.3 Å². The molecule has 0 bridgehead atoms. The van der Waals surface area contributed by atoms with Crippen molar-refractivity contribution in [3.63, 3.8) is 0 Å². The number of thiazole rings is 1. The van der Waals surface area contributed by atoms with Crippen molar-refractivity contribution in [2.24, 2.45) is 5.92 Å². The van der Waals surface area contributed by atoms with Crippen molar-refractivity contribution in [1.82, 2.24) is 10.3 Å². The number of nitrogens with one attached hydrogen (secondary N) is 1. The van der Waals surface area contributed by atoms with E-state index in [1.54, 1.807) is 0 Å². The maximum absolute atomic E-state index is 5.60. The fourth-order valence-electron chi connectivity index (χ4n) is 3.43. The lowest BCUT2D eigenvalue weighted by atomic mass is 9.98. The third-order valence-electron chi connectivity index (χ3n) is 4.51. The summed E-state index contributed by atoms with van der Waals surface area (Å²) in [7, 11) is 2.18. The van der Waals surface area contributed by atoms with Crippen molar-refractivity contribution in [3.05, 3.63) is 10.6 Å². The predicted molar refractivity (Wildman–Crippen MR) is 88.3 cm³/mol. The summed E-state index contributed by atoms with van der Waals surface area (Å²) in [5.41, 5.74) is 1.31. The van der Waals surface area contributed by atoms with E-state index in [0.717, 1.165) is 26.3 Å². The van der Waals surface area contributed by atoms with E-state index in [1.807, 2.05) is 11.3 Å². The molecule has 2 atom stereocenters. The van der Waals surface area contributed by atoms with Gasteiger partial charge in [-0.15, -0.1) is 11.3 Å². The second kappa shape index (κ2) is 7.07. The molecule has 118 valence electrons. The molecule has 0 saturated carbocycles. The quantitative estimate of drug-likeness (QED) is 0.907. The van der Waals surface area contributed by atoms with Crippen LogP contribution in [-0.2, 0) is 11.2 Å². The summed E-state index contributed by atoms with van der Waals surface area (Å²) in [5.74, 6) is 0.661. The molecule has 4 nitrogen and oxygen atoms in total. The Morgan fingerprint density at radius 3 is 3.05 bits per heavy atom. The lowest BCUT2D eigenvalue weighted by Gasteiger charge is -2.26. The van der Waals surface area contributed by atoms with Gasteiger partial charge in [-0.1, -0.05) is 6.92 Å². The lowest BCUT2D eigenvalue weighted by Crippen LogP contribution is -2.31. The number of ether oxygens (including phenoxy) is 1. The zero-order chi connectivity index (χ0) is 14.7. The number of hydrogen-bond donors (Lipinski definition) is 1. The van der Waals surface area contributed by atoms with Crippen LogP contribution < -0.4 is 10.2 Å². The fourth-order valence-corrected chi connectivity index (χ4v) is 4.56. The molecule has 5 heteroatoms. The van der Waals surface area contributed by atoms with Crippen LogP contribution in [0.2, 0.25) is 0 Å². The summed E-state index contributed by atoms with van der Waals surface area (Å²) in [6.45, 7) is 6.12. The average molecular weight is 309 g/mol. The van der Waals surface area contributed by atoms with Crippen molar-refractivity contribution in [2.45, 2.75) is 45.1 Å². The lowest BCUT2D eigenvalue weighted by molar-refractivity contribution is 0.0576. The average Bonchev–Trinajstić information content (AvgIpc) is 2.94. The third kappa shape index (κ3) is 3.58. The SMILES string of the molecule is CCNC1CCCc2sc(N(C)CC3CCCOC3)nc21. The summed E-state index contributed by atoms with van der Waals surface area (Å²) >= 11 is 1.90. The Balaban J connectivity index is 1.67. The van der Waals surface area contributed by atoms with E-state index in [0.29, 0.717) is 12.0 Å². The second-order valence-electron chi connectivity index (χ2n) is 6.27. The molecule has 1 N–H and O–H groups in total. The number of nitrogens with zero attached hydrogens (tertiary/aromatic N) is 2. The molecule has 1 aliphatic carbocycles. The topological polar surface area (TPSA) is 37.4 Å². The molecule has 1 fully saturated rings. The summed E-state index contributed by atoms with van der Waals surface area (Å²) in [6, 6.07) is 0.468. The van der Waals surface area contributed by atoms with Crippen LogP contribution in [0.5, 0.6) is 0 Å². The third-order valence-corrected chi connectivity index (χ3v) is 5.75. The molecule has 2 unspecified atom stereocenters. The largest absolute Gasteiger partial charge is 0.381 e. The van der Waals surface area contributed by atoms with E-state index in [9.17, 15) is 0 Å². The van der Waals surface area contributed by atoms with Gasteiger partial charge in [0.2, 0.25) is 0 Å². The van der Waals surface area contributed by atoms with Crippen LogP contribution in [0.1, 0.15) is 49.2 Å². The smallest absolute Gasteiger partial charge is 0.185 e. The van der Waals surface area contributed by atoms with Gasteiger partial charge in [-0.05, 0) is 44.6 Å². The fraction of sp³-hybridized carbons (Fsp3) is 0.812. The Hall–Kier alpha value is -0.650. The first-order valence-electron chi connectivity index (χ1n) is 8.29. The van der Waals surface area contributed by atoms with Crippen LogP contribution in [0.25, 0.3) is 0 Å². The van der Waals surface area contributed by atoms with Crippen LogP contribution in [0.4, 0.5) is 5.13 Å². The standard InChI is InChI=1S/C16H27N3OS/c1-3-17-13-7-4-8-14-15(13)18-16(21-14)19(2)10-12-6-5-9-20-11-12/h12-13,17H,3-11H2,1-2H3. The Morgan fingerprint density at radius 2 is 2.29 bits per heavy atom. The molecule has 1 saturated heterocycles. The minimum Gasteiger partial charge on any atom is -0.381 e. The molecule has 1 aromatic heterocycles. The van der Waals surface area contributed by atoms with Crippen molar-refractivity contribution in [2.75, 3.05) is 38.3 Å². The molecular formula is C16H27N3OS. The number of hydrogen-bond acceptors (Lipinski definition) is 5. The number of anilines is 1. The Labute approximate surface area is 131 Å². The van der Waals surface area contributed by atoms with Gasteiger partial charge in [0, 0.05) is 25.1 Å². The molecule has 1 aromatic rings. The summed E-state index contributed by atoms with van der Waals surface area (Å²) in [4.78, 5) is 8.79. The van der Waals surface area contributed by atoms with Gasteiger partial charge in [-0.3, -0.25) is 0 Å². The molecule has 0 radical (unpaired) electrons. The molecule has 0 aromatic carbocycles. The van der Waals surface area contributed by atoms with E-state index >= 15 is 0 Å². The Morgan fingerprint density at radius 1 is 1.38 bits per heavy atom. The van der Waals surface area contributed by atoms with E-state index in [-0.39, 0.29) is 0 Å². The molecule has 21 heavy (non-hydrogen) atoms. The molecular weight excluding hydrogens is 282 g/mol. The van der Waals surface area contributed by atoms with Gasteiger partial charge in [0.15, 0.2) is 5.13 Å². The first-order valence-corrected chi connectivity index (χ1v) is 9.11. The molecule has 2 heterocycles. The highest BCUT2D eigenvalue weighted by Gasteiger charge is 2.25. The summed E-state index contributed by atoms with van der Waals surface area (Å²) in [5, 5.41) is 4.77. The van der Waals surface area contributed by atoms with Crippen LogP contribution in [-0.4, -0.2) is 38.3 Å². The van der Waals surface area contributed by atoms with Crippen LogP contribution in [0.3, 0.4) is 0 Å². The van der Waals surface area contributed by atoms with Gasteiger partial charge in [-0.2, -0.15) is 0 Å². The van der Waals surface area contributed by atoms with E-state index in [2.05, 4.69) is 24.2 Å². The van der Waals surface area contributed by atoms with E-state index in [4.69, 9.17) is 9.72 Å². The molecule has 0 spiro atoms. The number of aryl methyl sites for hydroxylation is 1. The first-order chi connectivity index (χ1) is 10.3. The first kappa shape index (κ1) is 15.3. The van der Waals surface area contributed by atoms with Gasteiger partial charge in [0.1, 0.15) is 0 Å². The highest BCUT2D eigenvalue weighted by atomic mass is 32.1. The van der Waals surface area contributed by atoms with Crippen molar-refractivity contribution in [1.29, 1.82) is 0 Å². The monoisotopic (exact) mass is 309 g/mol. The minimum atomic E-state index is 0.468. The summed E-state index contributed by atoms with van der Waals surface area (Å²) in [6.07, 6.45) is 6.21. The molecule has 1 aliphatic heterocycles. The van der Waals surface area contributed by atoms with Gasteiger partial charge >= 0.3 is 0 Å². The van der Waals surface area contributed by atoms with E-state index < -0.39 is 0 Å². The van der Waals surface area contributed by atoms with Crippen molar-refractivity contribution >= 4 is 16.5 Å². The van der Waals surface area contributed by atoms with Crippen molar-refractivity contribution in [3.8, 4) is 0 Å². The number of aromatic nitrogens is 1. The van der Waals surface area contributed by atoms with E-state index in [1.165, 1.54) is 47.8 Å². The van der Waals surface area contributed by atoms with Crippen molar-refractivity contribution < 1.29 is 4.74 Å². The molecule has 0 amide bonds. The number of rotatable bonds is 5. The molecule has 2 aliphatic rings. The highest BCUT2D eigenvalue weighted by Crippen LogP contribution is 2.36. The Bertz CT molecular complexity index is 456. The van der Waals surface area contributed by atoms with Gasteiger partial charge in [0.25, 0.3) is 0 Å².